The van der Waals surface area contributed by atoms with Crippen molar-refractivity contribution < 1.29 is 22.1 Å². The van der Waals surface area contributed by atoms with Crippen molar-refractivity contribution in [3.8, 4) is 0 Å². The highest BCUT2D eigenvalue weighted by Gasteiger charge is 2.45. The molecule has 4 atom stereocenters. The average Bonchev–Trinajstić information content (AvgIpc) is 3.29. The van der Waals surface area contributed by atoms with E-state index in [0.29, 0.717) is 24.3 Å². The number of hydrogen-bond acceptors (Lipinski definition) is 1. The van der Waals surface area contributed by atoms with Gasteiger partial charge in [-0.05, 0) is 29.9 Å². The van der Waals surface area contributed by atoms with Crippen LogP contribution < -0.4 is 17.3 Å². The number of piperidine rings is 1. The SMILES string of the molecule is CCC(=O)N(CC1C[C@H]2CC[C@@H](C1)[NH+]2Cc1ccccc1)C1Cc2ccccc2C1.[Cl-]. The van der Waals surface area contributed by atoms with Crippen LogP contribution >= 0.6 is 0 Å². The molecule has 1 amide bonds. The molecular formula is C27H35ClN2O. The van der Waals surface area contributed by atoms with E-state index in [0.717, 1.165) is 31.5 Å². The van der Waals surface area contributed by atoms with Gasteiger partial charge in [0.05, 0.1) is 12.1 Å². The summed E-state index contributed by atoms with van der Waals surface area (Å²) in [6.45, 7) is 4.16. The third kappa shape index (κ3) is 4.68. The molecule has 2 aromatic carbocycles. The molecular weight excluding hydrogens is 404 g/mol. The molecule has 31 heavy (non-hydrogen) atoms. The average molecular weight is 439 g/mol. The molecule has 2 saturated heterocycles. The van der Waals surface area contributed by atoms with Crippen LogP contribution in [0.3, 0.4) is 0 Å². The Balaban J connectivity index is 0.00000231. The highest BCUT2D eigenvalue weighted by Crippen LogP contribution is 2.31. The Morgan fingerprint density at radius 3 is 2.10 bits per heavy atom. The van der Waals surface area contributed by atoms with Crippen LogP contribution in [0.5, 0.6) is 0 Å². The minimum atomic E-state index is 0. The largest absolute Gasteiger partial charge is 1.00 e. The third-order valence-electron chi connectivity index (χ3n) is 7.95. The Morgan fingerprint density at radius 1 is 0.935 bits per heavy atom. The van der Waals surface area contributed by atoms with Crippen molar-refractivity contribution in [2.45, 2.75) is 76.5 Å². The predicted molar refractivity (Wildman–Crippen MR) is 120 cm³/mol. The van der Waals surface area contributed by atoms with Gasteiger partial charge in [-0.1, -0.05) is 61.5 Å². The zero-order valence-electron chi connectivity index (χ0n) is 18.6. The lowest BCUT2D eigenvalue weighted by atomic mass is 9.89. The molecule has 2 unspecified atom stereocenters. The first-order chi connectivity index (χ1) is 14.7. The van der Waals surface area contributed by atoms with E-state index < -0.39 is 0 Å². The van der Waals surface area contributed by atoms with Gasteiger partial charge in [-0.25, -0.2) is 0 Å². The van der Waals surface area contributed by atoms with Gasteiger partial charge in [-0.2, -0.15) is 0 Å². The van der Waals surface area contributed by atoms with Crippen LogP contribution in [-0.2, 0) is 24.2 Å². The summed E-state index contributed by atoms with van der Waals surface area (Å²) < 4.78 is 0. The fourth-order valence-electron chi connectivity index (χ4n) is 6.51. The van der Waals surface area contributed by atoms with Crippen molar-refractivity contribution in [1.29, 1.82) is 0 Å². The summed E-state index contributed by atoms with van der Waals surface area (Å²) >= 11 is 0. The first-order valence-electron chi connectivity index (χ1n) is 12.0. The second-order valence-electron chi connectivity index (χ2n) is 9.78. The minimum absolute atomic E-state index is 0. The smallest absolute Gasteiger partial charge is 0.222 e. The van der Waals surface area contributed by atoms with Crippen molar-refractivity contribution in [2.24, 2.45) is 5.92 Å². The van der Waals surface area contributed by atoms with Crippen LogP contribution in [0.1, 0.15) is 55.7 Å². The molecule has 2 bridgehead atoms. The topological polar surface area (TPSA) is 24.8 Å². The summed E-state index contributed by atoms with van der Waals surface area (Å²) in [7, 11) is 0. The fraction of sp³-hybridized carbons (Fsp3) is 0.519. The zero-order valence-corrected chi connectivity index (χ0v) is 19.4. The minimum Gasteiger partial charge on any atom is -1.00 e. The van der Waals surface area contributed by atoms with E-state index in [9.17, 15) is 4.79 Å². The number of quaternary nitrogens is 1. The Labute approximate surface area is 193 Å². The Bertz CT molecular complexity index is 847. The van der Waals surface area contributed by atoms with Crippen LogP contribution in [0.15, 0.2) is 54.6 Å². The maximum absolute atomic E-state index is 12.9. The number of nitrogens with zero attached hydrogens (tertiary/aromatic N) is 1. The molecule has 2 fully saturated rings. The predicted octanol–water partition coefficient (Wildman–Crippen LogP) is 0.423. The molecule has 1 N–H and O–H groups in total. The van der Waals surface area contributed by atoms with Gasteiger partial charge < -0.3 is 22.2 Å². The molecule has 2 aromatic rings. The second-order valence-corrected chi connectivity index (χ2v) is 9.78. The summed E-state index contributed by atoms with van der Waals surface area (Å²) in [4.78, 5) is 17.0. The van der Waals surface area contributed by atoms with Gasteiger partial charge in [0.25, 0.3) is 0 Å². The molecule has 166 valence electrons. The highest BCUT2D eigenvalue weighted by molar-refractivity contribution is 5.76. The second kappa shape index (κ2) is 9.75. The summed E-state index contributed by atoms with van der Waals surface area (Å²) in [6, 6.07) is 21.7. The Hall–Kier alpha value is -1.84. The molecule has 4 heteroatoms. The normalized spacial score (nSPS) is 26.9. The van der Waals surface area contributed by atoms with Gasteiger partial charge >= 0.3 is 0 Å². The molecule has 0 saturated carbocycles. The van der Waals surface area contributed by atoms with E-state index >= 15 is 0 Å². The molecule has 0 radical (unpaired) electrons. The van der Waals surface area contributed by atoms with Gasteiger partial charge in [0, 0.05) is 50.3 Å². The van der Waals surface area contributed by atoms with Crippen molar-refractivity contribution in [2.75, 3.05) is 6.54 Å². The standard InChI is InChI=1S/C27H34N2O.ClH/c1-2-27(30)29(26-16-22-10-6-7-11-23(22)17-26)19-21-14-24-12-13-25(15-21)28(24)18-20-8-4-3-5-9-20;/h3-11,21,24-26H,2,12-19H2,1H3;1H/t21?,24-,25+;. The lowest BCUT2D eigenvalue weighted by Crippen LogP contribution is -3.16. The van der Waals surface area contributed by atoms with Crippen molar-refractivity contribution in [3.05, 3.63) is 71.3 Å². The van der Waals surface area contributed by atoms with Gasteiger partial charge in [-0.3, -0.25) is 4.79 Å². The maximum Gasteiger partial charge on any atom is 0.222 e. The van der Waals surface area contributed by atoms with Crippen LogP contribution in [0.4, 0.5) is 0 Å². The lowest BCUT2D eigenvalue weighted by molar-refractivity contribution is -0.955. The lowest BCUT2D eigenvalue weighted by Gasteiger charge is -2.39. The summed E-state index contributed by atoms with van der Waals surface area (Å²) in [5, 5.41) is 0. The number of rotatable bonds is 6. The van der Waals surface area contributed by atoms with E-state index in [1.54, 1.807) is 4.90 Å². The molecule has 3 nitrogen and oxygen atoms in total. The third-order valence-corrected chi connectivity index (χ3v) is 7.95. The Kier molecular flexibility index (Phi) is 7.03. The Morgan fingerprint density at radius 2 is 1.52 bits per heavy atom. The first-order valence-corrected chi connectivity index (χ1v) is 12.0. The van der Waals surface area contributed by atoms with Gasteiger partial charge in [0.2, 0.25) is 5.91 Å². The number of carbonyl (C=O) groups is 1. The van der Waals surface area contributed by atoms with E-state index in [4.69, 9.17) is 0 Å². The number of halogens is 1. The van der Waals surface area contributed by atoms with E-state index in [2.05, 4.69) is 59.5 Å². The molecule has 2 heterocycles. The zero-order chi connectivity index (χ0) is 20.5. The molecule has 3 aliphatic rings. The summed E-state index contributed by atoms with van der Waals surface area (Å²) in [5.74, 6) is 1.01. The monoisotopic (exact) mass is 438 g/mol. The molecule has 2 aliphatic heterocycles. The van der Waals surface area contributed by atoms with Crippen LogP contribution in [0.25, 0.3) is 0 Å². The maximum atomic E-state index is 12.9. The van der Waals surface area contributed by atoms with Crippen LogP contribution in [0.2, 0.25) is 0 Å². The highest BCUT2D eigenvalue weighted by atomic mass is 35.5. The van der Waals surface area contributed by atoms with E-state index in [-0.39, 0.29) is 12.4 Å². The van der Waals surface area contributed by atoms with Crippen molar-refractivity contribution in [3.63, 3.8) is 0 Å². The van der Waals surface area contributed by atoms with E-state index in [1.807, 2.05) is 6.92 Å². The molecule has 5 rings (SSSR count). The van der Waals surface area contributed by atoms with Gasteiger partial charge in [-0.15, -0.1) is 0 Å². The quantitative estimate of drug-likeness (QED) is 0.694. The molecule has 1 aliphatic carbocycles. The number of benzene rings is 2. The van der Waals surface area contributed by atoms with Crippen molar-refractivity contribution >= 4 is 5.91 Å². The van der Waals surface area contributed by atoms with Gasteiger partial charge in [0.1, 0.15) is 6.54 Å². The molecule has 0 aromatic heterocycles. The van der Waals surface area contributed by atoms with Gasteiger partial charge in [0.15, 0.2) is 0 Å². The summed E-state index contributed by atoms with van der Waals surface area (Å²) in [6.07, 6.45) is 7.98. The number of amides is 1. The number of carbonyl (C=O) groups excluding carboxylic acids is 1. The van der Waals surface area contributed by atoms with Crippen molar-refractivity contribution in [1.82, 2.24) is 4.90 Å². The fourth-order valence-corrected chi connectivity index (χ4v) is 6.51. The van der Waals surface area contributed by atoms with E-state index in [1.165, 1.54) is 48.9 Å². The first kappa shape index (κ1) is 22.4. The number of hydrogen-bond donors (Lipinski definition) is 1. The number of fused-ring (bicyclic) bond motifs is 3. The molecule has 0 spiro atoms. The number of nitrogens with one attached hydrogen (secondary N) is 1. The summed E-state index contributed by atoms with van der Waals surface area (Å²) in [5.41, 5.74) is 4.35. The van der Waals surface area contributed by atoms with Crippen LogP contribution in [0, 0.1) is 5.92 Å². The van der Waals surface area contributed by atoms with Crippen LogP contribution in [-0.4, -0.2) is 35.5 Å².